The van der Waals surface area contributed by atoms with Crippen molar-refractivity contribution in [3.63, 3.8) is 0 Å². The van der Waals surface area contributed by atoms with Crippen LogP contribution in [0.4, 0.5) is 10.5 Å². The Morgan fingerprint density at radius 1 is 1.15 bits per heavy atom. The Morgan fingerprint density at radius 2 is 1.85 bits per heavy atom. The fraction of sp³-hybridized carbons (Fsp3) is 0.0667. The summed E-state index contributed by atoms with van der Waals surface area (Å²) in [5.74, 6) is 0.187. The van der Waals surface area contributed by atoms with Crippen LogP contribution in [0.5, 0.6) is 5.75 Å². The molecule has 3 N–H and O–H groups in total. The first kappa shape index (κ1) is 13.6. The molecule has 2 aromatic carbocycles. The smallest absolute Gasteiger partial charge is 0.339 e. The number of benzene rings is 2. The first-order valence-electron chi connectivity index (χ1n) is 6.10. The maximum atomic E-state index is 11.6. The van der Waals surface area contributed by atoms with Crippen LogP contribution in [0.15, 0.2) is 53.6 Å². The molecule has 0 heterocycles. The van der Waals surface area contributed by atoms with Crippen LogP contribution >= 0.6 is 0 Å². The van der Waals surface area contributed by atoms with E-state index in [-0.39, 0.29) is 5.75 Å². The molecule has 5 heteroatoms. The number of para-hydroxylation sites is 1. The van der Waals surface area contributed by atoms with E-state index >= 15 is 0 Å². The summed E-state index contributed by atoms with van der Waals surface area (Å²) in [7, 11) is 0. The highest BCUT2D eigenvalue weighted by Gasteiger charge is 2.01. The Kier molecular flexibility index (Phi) is 4.34. The topological polar surface area (TPSA) is 73.7 Å². The number of phenolic OH excluding ortho intramolecular Hbond substituents is 1. The summed E-state index contributed by atoms with van der Waals surface area (Å²) in [4.78, 5) is 11.6. The summed E-state index contributed by atoms with van der Waals surface area (Å²) in [6.45, 7) is 1.91. The highest BCUT2D eigenvalue weighted by Crippen LogP contribution is 2.12. The average Bonchev–Trinajstić information content (AvgIpc) is 2.44. The number of nitrogens with zero attached hydrogens (tertiary/aromatic N) is 1. The summed E-state index contributed by atoms with van der Waals surface area (Å²) in [6.07, 6.45) is 1.50. The van der Waals surface area contributed by atoms with Gasteiger partial charge in [0.1, 0.15) is 5.75 Å². The molecule has 0 radical (unpaired) electrons. The summed E-state index contributed by atoms with van der Waals surface area (Å²) in [5.41, 5.74) is 4.87. The van der Waals surface area contributed by atoms with Crippen LogP contribution < -0.4 is 10.7 Å². The predicted molar refractivity (Wildman–Crippen MR) is 79.0 cm³/mol. The normalized spacial score (nSPS) is 10.4. The minimum atomic E-state index is -0.408. The van der Waals surface area contributed by atoms with Gasteiger partial charge < -0.3 is 10.4 Å². The van der Waals surface area contributed by atoms with Crippen LogP contribution in [0.25, 0.3) is 0 Å². The third kappa shape index (κ3) is 3.84. The molecule has 2 aromatic rings. The molecule has 0 aromatic heterocycles. The van der Waals surface area contributed by atoms with Gasteiger partial charge in [0.2, 0.25) is 0 Å². The van der Waals surface area contributed by atoms with Crippen LogP contribution in [0.2, 0.25) is 0 Å². The first-order valence-corrected chi connectivity index (χ1v) is 6.10. The van der Waals surface area contributed by atoms with Gasteiger partial charge in [0.25, 0.3) is 0 Å². The molecule has 0 aliphatic rings. The lowest BCUT2D eigenvalue weighted by atomic mass is 10.2. The molecule has 0 saturated carbocycles. The maximum absolute atomic E-state index is 11.6. The Labute approximate surface area is 117 Å². The number of rotatable bonds is 3. The van der Waals surface area contributed by atoms with Crippen LogP contribution in [-0.4, -0.2) is 17.4 Å². The Hall–Kier alpha value is -2.82. The summed E-state index contributed by atoms with van der Waals surface area (Å²) in [5, 5.41) is 15.7. The van der Waals surface area contributed by atoms with Crippen molar-refractivity contribution < 1.29 is 9.90 Å². The van der Waals surface area contributed by atoms with Gasteiger partial charge in [0, 0.05) is 5.69 Å². The molecular formula is C15H15N3O2. The average molecular weight is 269 g/mol. The van der Waals surface area contributed by atoms with Crippen molar-refractivity contribution in [3.05, 3.63) is 59.7 Å². The third-order valence-corrected chi connectivity index (χ3v) is 2.67. The zero-order chi connectivity index (χ0) is 14.4. The number of hydrogen-bond donors (Lipinski definition) is 3. The minimum absolute atomic E-state index is 0.187. The SMILES string of the molecule is Cc1ccccc1NC(=O)N/N=C\c1ccc(O)cc1. The number of anilines is 1. The van der Waals surface area contributed by atoms with Gasteiger partial charge in [-0.25, -0.2) is 10.2 Å². The van der Waals surface area contributed by atoms with Crippen molar-refractivity contribution in [1.82, 2.24) is 5.43 Å². The summed E-state index contributed by atoms with van der Waals surface area (Å²) < 4.78 is 0. The van der Waals surface area contributed by atoms with E-state index in [1.807, 2.05) is 31.2 Å². The number of carbonyl (C=O) groups is 1. The number of aromatic hydroxyl groups is 1. The van der Waals surface area contributed by atoms with Gasteiger partial charge in [-0.15, -0.1) is 0 Å². The molecule has 0 unspecified atom stereocenters. The number of carbonyl (C=O) groups excluding carboxylic acids is 1. The molecule has 0 fully saturated rings. The van der Waals surface area contributed by atoms with Gasteiger partial charge in [0.15, 0.2) is 0 Å². The second-order valence-electron chi connectivity index (χ2n) is 4.23. The lowest BCUT2D eigenvalue weighted by Gasteiger charge is -2.06. The van der Waals surface area contributed by atoms with E-state index in [9.17, 15) is 4.79 Å². The Bertz CT molecular complexity index is 621. The van der Waals surface area contributed by atoms with E-state index < -0.39 is 6.03 Å². The predicted octanol–water partition coefficient (Wildman–Crippen LogP) is 2.86. The number of aryl methyl sites for hydroxylation is 1. The molecule has 0 aliphatic heterocycles. The molecular weight excluding hydrogens is 254 g/mol. The van der Waals surface area contributed by atoms with Crippen molar-refractivity contribution in [2.24, 2.45) is 5.10 Å². The van der Waals surface area contributed by atoms with Crippen molar-refractivity contribution in [3.8, 4) is 5.75 Å². The molecule has 0 atom stereocenters. The zero-order valence-electron chi connectivity index (χ0n) is 11.0. The van der Waals surface area contributed by atoms with Gasteiger partial charge in [-0.1, -0.05) is 18.2 Å². The van der Waals surface area contributed by atoms with E-state index in [4.69, 9.17) is 5.11 Å². The number of hydrogen-bond acceptors (Lipinski definition) is 3. The molecule has 0 spiro atoms. The molecule has 20 heavy (non-hydrogen) atoms. The van der Waals surface area contributed by atoms with E-state index in [2.05, 4.69) is 15.8 Å². The molecule has 2 amide bonds. The Morgan fingerprint density at radius 3 is 2.55 bits per heavy atom. The molecule has 0 aliphatic carbocycles. The summed E-state index contributed by atoms with van der Waals surface area (Å²) in [6, 6.07) is 13.6. The molecule has 5 nitrogen and oxygen atoms in total. The van der Waals surface area contributed by atoms with Crippen molar-refractivity contribution >= 4 is 17.9 Å². The summed E-state index contributed by atoms with van der Waals surface area (Å²) >= 11 is 0. The van der Waals surface area contributed by atoms with E-state index in [0.29, 0.717) is 0 Å². The van der Waals surface area contributed by atoms with Crippen LogP contribution in [0.3, 0.4) is 0 Å². The number of amides is 2. The maximum Gasteiger partial charge on any atom is 0.339 e. The van der Waals surface area contributed by atoms with Crippen molar-refractivity contribution in [1.29, 1.82) is 0 Å². The lowest BCUT2D eigenvalue weighted by molar-refractivity contribution is 0.252. The first-order chi connectivity index (χ1) is 9.65. The molecule has 0 saturated heterocycles. The van der Waals surface area contributed by atoms with Crippen LogP contribution in [-0.2, 0) is 0 Å². The van der Waals surface area contributed by atoms with E-state index in [1.165, 1.54) is 6.21 Å². The zero-order valence-corrected chi connectivity index (χ0v) is 11.0. The van der Waals surface area contributed by atoms with Crippen molar-refractivity contribution in [2.45, 2.75) is 6.92 Å². The molecule has 0 bridgehead atoms. The molecule has 102 valence electrons. The quantitative estimate of drug-likeness (QED) is 0.592. The van der Waals surface area contributed by atoms with E-state index in [0.717, 1.165) is 16.8 Å². The number of phenols is 1. The standard InChI is InChI=1S/C15H15N3O2/c1-11-4-2-3-5-14(11)17-15(20)18-16-10-12-6-8-13(19)9-7-12/h2-10,19H,1H3,(H2,17,18,20)/b16-10-. The van der Waals surface area contributed by atoms with Gasteiger partial charge in [-0.2, -0.15) is 5.10 Å². The fourth-order valence-corrected chi connectivity index (χ4v) is 1.59. The second-order valence-corrected chi connectivity index (χ2v) is 4.23. The van der Waals surface area contributed by atoms with Gasteiger partial charge >= 0.3 is 6.03 Å². The van der Waals surface area contributed by atoms with E-state index in [1.54, 1.807) is 24.3 Å². The fourth-order valence-electron chi connectivity index (χ4n) is 1.59. The van der Waals surface area contributed by atoms with Crippen LogP contribution in [0, 0.1) is 6.92 Å². The van der Waals surface area contributed by atoms with Crippen molar-refractivity contribution in [2.75, 3.05) is 5.32 Å². The Balaban J connectivity index is 1.89. The third-order valence-electron chi connectivity index (χ3n) is 2.67. The van der Waals surface area contributed by atoms with Gasteiger partial charge in [-0.05, 0) is 48.4 Å². The number of hydrazone groups is 1. The number of nitrogens with one attached hydrogen (secondary N) is 2. The highest BCUT2D eigenvalue weighted by molar-refractivity contribution is 5.91. The van der Waals surface area contributed by atoms with Gasteiger partial charge in [-0.3, -0.25) is 0 Å². The lowest BCUT2D eigenvalue weighted by Crippen LogP contribution is -2.24. The molecule has 2 rings (SSSR count). The largest absolute Gasteiger partial charge is 0.508 e. The monoisotopic (exact) mass is 269 g/mol. The second kappa shape index (κ2) is 6.38. The minimum Gasteiger partial charge on any atom is -0.508 e. The highest BCUT2D eigenvalue weighted by atomic mass is 16.3. The van der Waals surface area contributed by atoms with Gasteiger partial charge in [0.05, 0.1) is 6.21 Å². The van der Waals surface area contributed by atoms with Crippen LogP contribution in [0.1, 0.15) is 11.1 Å². The number of urea groups is 1.